The molecule has 4 nitrogen and oxygen atoms in total. The van der Waals surface area contributed by atoms with Crippen molar-refractivity contribution in [3.8, 4) is 0 Å². The summed E-state index contributed by atoms with van der Waals surface area (Å²) in [7, 11) is 1.66. The zero-order valence-corrected chi connectivity index (χ0v) is 7.62. The minimum Gasteiger partial charge on any atom is -0.380 e. The molecule has 3 atom stereocenters. The fraction of sp³-hybridized carbons (Fsp3) is 1.00. The number of ether oxygens (including phenoxy) is 2. The quantitative estimate of drug-likeness (QED) is 0.619. The molecule has 0 aromatic heterocycles. The Morgan fingerprint density at radius 1 is 1.67 bits per heavy atom. The Balaban J connectivity index is 2.39. The molecule has 1 heterocycles. The Morgan fingerprint density at radius 2 is 2.42 bits per heavy atom. The first-order valence-corrected chi connectivity index (χ1v) is 4.33. The molecule has 1 aliphatic rings. The maximum absolute atomic E-state index is 9.17. The summed E-state index contributed by atoms with van der Waals surface area (Å²) in [6.07, 6.45) is -0.0488. The van der Waals surface area contributed by atoms with Crippen molar-refractivity contribution in [3.63, 3.8) is 0 Å². The average Bonchev–Trinajstić information content (AvgIpc) is 2.08. The molecule has 1 saturated heterocycles. The minimum atomic E-state index is -0.662. The number of hydrogen-bond donors (Lipinski definition) is 2. The number of rotatable bonds is 3. The molecule has 0 saturated carbocycles. The fourth-order valence-corrected chi connectivity index (χ4v) is 1.47. The molecule has 12 heavy (non-hydrogen) atoms. The van der Waals surface area contributed by atoms with Gasteiger partial charge in [0.05, 0.1) is 18.8 Å². The van der Waals surface area contributed by atoms with Crippen LogP contribution < -0.4 is 5.32 Å². The van der Waals surface area contributed by atoms with E-state index in [-0.39, 0.29) is 12.1 Å². The minimum absolute atomic E-state index is 0.0636. The van der Waals surface area contributed by atoms with Crippen LogP contribution in [0.5, 0.6) is 0 Å². The van der Waals surface area contributed by atoms with E-state index < -0.39 is 6.29 Å². The van der Waals surface area contributed by atoms with Crippen molar-refractivity contribution in [1.82, 2.24) is 5.32 Å². The maximum atomic E-state index is 9.17. The Labute approximate surface area is 72.9 Å². The zero-order chi connectivity index (χ0) is 8.97. The lowest BCUT2D eigenvalue weighted by Crippen LogP contribution is -2.50. The van der Waals surface area contributed by atoms with Gasteiger partial charge in [-0.15, -0.1) is 0 Å². The molecule has 0 aromatic rings. The third kappa shape index (κ3) is 2.42. The van der Waals surface area contributed by atoms with Crippen LogP contribution in [-0.2, 0) is 9.47 Å². The molecule has 0 radical (unpaired) electrons. The second-order valence-corrected chi connectivity index (χ2v) is 2.96. The van der Waals surface area contributed by atoms with Crippen molar-refractivity contribution >= 4 is 0 Å². The van der Waals surface area contributed by atoms with Crippen molar-refractivity contribution in [1.29, 1.82) is 0 Å². The highest BCUT2D eigenvalue weighted by atomic mass is 16.6. The summed E-state index contributed by atoms with van der Waals surface area (Å²) in [5, 5.41) is 12.4. The largest absolute Gasteiger partial charge is 0.380 e. The molecule has 2 N–H and O–H groups in total. The van der Waals surface area contributed by atoms with E-state index in [1.54, 1.807) is 7.11 Å². The molecule has 0 aliphatic carbocycles. The summed E-state index contributed by atoms with van der Waals surface area (Å²) in [6, 6.07) is 0.211. The lowest BCUT2D eigenvalue weighted by Gasteiger charge is -2.33. The predicted molar refractivity (Wildman–Crippen MR) is 44.8 cm³/mol. The molecule has 72 valence electrons. The van der Waals surface area contributed by atoms with E-state index in [2.05, 4.69) is 5.32 Å². The van der Waals surface area contributed by atoms with Crippen LogP contribution in [0.1, 0.15) is 13.3 Å². The molecule has 0 aromatic carbocycles. The zero-order valence-electron chi connectivity index (χ0n) is 7.62. The molecule has 1 rings (SSSR count). The van der Waals surface area contributed by atoms with E-state index in [1.807, 2.05) is 6.92 Å². The highest BCUT2D eigenvalue weighted by Gasteiger charge is 2.29. The molecule has 0 spiro atoms. The molecule has 1 fully saturated rings. The second-order valence-electron chi connectivity index (χ2n) is 2.96. The Bertz CT molecular complexity index is 131. The van der Waals surface area contributed by atoms with Gasteiger partial charge in [-0.3, -0.25) is 0 Å². The Kier molecular flexibility index (Phi) is 3.94. The number of nitrogens with one attached hydrogen (secondary N) is 1. The number of aliphatic hydroxyl groups excluding tert-OH is 1. The summed E-state index contributed by atoms with van der Waals surface area (Å²) in [6.45, 7) is 3.45. The van der Waals surface area contributed by atoms with Gasteiger partial charge in [-0.05, 0) is 6.54 Å². The van der Waals surface area contributed by atoms with Crippen LogP contribution in [0, 0.1) is 0 Å². The van der Waals surface area contributed by atoms with Gasteiger partial charge in [0.2, 0.25) is 0 Å². The molecular formula is C8H17NO3. The van der Waals surface area contributed by atoms with Crippen LogP contribution in [0.4, 0.5) is 0 Å². The van der Waals surface area contributed by atoms with E-state index in [0.29, 0.717) is 13.0 Å². The SMILES string of the molecule is CCNC1COC(O)C[C@@H]1OC. The summed E-state index contributed by atoms with van der Waals surface area (Å²) < 4.78 is 10.3. The molecule has 0 bridgehead atoms. The van der Waals surface area contributed by atoms with E-state index in [9.17, 15) is 0 Å². The summed E-state index contributed by atoms with van der Waals surface area (Å²) in [5.74, 6) is 0. The highest BCUT2D eigenvalue weighted by Crippen LogP contribution is 2.14. The van der Waals surface area contributed by atoms with Crippen LogP contribution in [0.15, 0.2) is 0 Å². The van der Waals surface area contributed by atoms with Crippen molar-refractivity contribution in [2.75, 3.05) is 20.3 Å². The van der Waals surface area contributed by atoms with Crippen LogP contribution in [0.25, 0.3) is 0 Å². The van der Waals surface area contributed by atoms with Crippen molar-refractivity contribution < 1.29 is 14.6 Å². The summed E-state index contributed by atoms with van der Waals surface area (Å²) >= 11 is 0. The van der Waals surface area contributed by atoms with Gasteiger partial charge >= 0.3 is 0 Å². The fourth-order valence-electron chi connectivity index (χ4n) is 1.47. The first-order chi connectivity index (χ1) is 5.77. The molecule has 0 amide bonds. The van der Waals surface area contributed by atoms with Crippen molar-refractivity contribution in [2.45, 2.75) is 31.8 Å². The average molecular weight is 175 g/mol. The van der Waals surface area contributed by atoms with Crippen LogP contribution in [0.3, 0.4) is 0 Å². The van der Waals surface area contributed by atoms with E-state index >= 15 is 0 Å². The standard InChI is InChI=1S/C8H17NO3/c1-3-9-6-5-12-8(10)4-7(6)11-2/h6-10H,3-5H2,1-2H3/t6?,7-,8?/m0/s1. The molecule has 4 heteroatoms. The lowest BCUT2D eigenvalue weighted by atomic mass is 10.1. The first-order valence-electron chi connectivity index (χ1n) is 4.33. The van der Waals surface area contributed by atoms with Crippen LogP contribution >= 0.6 is 0 Å². The third-order valence-corrected chi connectivity index (χ3v) is 2.12. The van der Waals surface area contributed by atoms with Gasteiger partial charge < -0.3 is 19.9 Å². The van der Waals surface area contributed by atoms with Crippen molar-refractivity contribution in [2.24, 2.45) is 0 Å². The number of methoxy groups -OCH3 is 1. The van der Waals surface area contributed by atoms with Gasteiger partial charge in [0.1, 0.15) is 0 Å². The van der Waals surface area contributed by atoms with Gasteiger partial charge in [0.25, 0.3) is 0 Å². The first kappa shape index (κ1) is 9.92. The third-order valence-electron chi connectivity index (χ3n) is 2.12. The molecular weight excluding hydrogens is 158 g/mol. The summed E-state index contributed by atoms with van der Waals surface area (Å²) in [5.41, 5.74) is 0. The molecule has 2 unspecified atom stereocenters. The highest BCUT2D eigenvalue weighted by molar-refractivity contribution is 4.80. The Morgan fingerprint density at radius 3 is 3.00 bits per heavy atom. The van der Waals surface area contributed by atoms with Crippen LogP contribution in [-0.4, -0.2) is 43.8 Å². The molecule has 1 aliphatic heterocycles. The normalized spacial score (nSPS) is 36.8. The number of aliphatic hydroxyl groups is 1. The number of likely N-dealkylation sites (N-methyl/N-ethyl adjacent to an activating group) is 1. The lowest BCUT2D eigenvalue weighted by molar-refractivity contribution is -0.169. The monoisotopic (exact) mass is 175 g/mol. The topological polar surface area (TPSA) is 50.7 Å². The predicted octanol–water partition coefficient (Wildman–Crippen LogP) is -0.282. The van der Waals surface area contributed by atoms with Crippen LogP contribution in [0.2, 0.25) is 0 Å². The van der Waals surface area contributed by atoms with E-state index in [0.717, 1.165) is 6.54 Å². The van der Waals surface area contributed by atoms with Crippen molar-refractivity contribution in [3.05, 3.63) is 0 Å². The van der Waals surface area contributed by atoms with Gasteiger partial charge in [-0.1, -0.05) is 6.92 Å². The van der Waals surface area contributed by atoms with E-state index in [1.165, 1.54) is 0 Å². The van der Waals surface area contributed by atoms with Gasteiger partial charge in [-0.2, -0.15) is 0 Å². The Hall–Kier alpha value is -0.160. The second kappa shape index (κ2) is 4.77. The van der Waals surface area contributed by atoms with Gasteiger partial charge in [0, 0.05) is 13.5 Å². The maximum Gasteiger partial charge on any atom is 0.157 e. The number of hydrogen-bond acceptors (Lipinski definition) is 4. The summed E-state index contributed by atoms with van der Waals surface area (Å²) in [4.78, 5) is 0. The van der Waals surface area contributed by atoms with Gasteiger partial charge in [0.15, 0.2) is 6.29 Å². The smallest absolute Gasteiger partial charge is 0.157 e. The van der Waals surface area contributed by atoms with Gasteiger partial charge in [-0.25, -0.2) is 0 Å². The van der Waals surface area contributed by atoms with E-state index in [4.69, 9.17) is 14.6 Å².